The topological polar surface area (TPSA) is 52.6 Å². The minimum atomic E-state index is -0.155. The number of carbonyl (C=O) groups is 2. The van der Waals surface area contributed by atoms with Gasteiger partial charge in [-0.25, -0.2) is 0 Å². The number of methoxy groups -OCH3 is 1. The van der Waals surface area contributed by atoms with Crippen LogP contribution >= 0.6 is 0 Å². The van der Waals surface area contributed by atoms with Crippen LogP contribution in [0.25, 0.3) is 0 Å². The summed E-state index contributed by atoms with van der Waals surface area (Å²) in [5.74, 6) is 0.293. The molecule has 4 nitrogen and oxygen atoms in total. The molecule has 1 saturated carbocycles. The van der Waals surface area contributed by atoms with E-state index < -0.39 is 0 Å². The summed E-state index contributed by atoms with van der Waals surface area (Å²) in [5, 5.41) is 0. The maximum atomic E-state index is 11.2. The summed E-state index contributed by atoms with van der Waals surface area (Å²) in [4.78, 5) is 22.2. The van der Waals surface area contributed by atoms with Crippen molar-refractivity contribution in [2.45, 2.75) is 45.1 Å². The second-order valence-corrected chi connectivity index (χ2v) is 6.20. The van der Waals surface area contributed by atoms with E-state index in [1.165, 1.54) is 7.11 Å². The minimum absolute atomic E-state index is 0.0495. The Balaban J connectivity index is 1.76. The molecule has 0 N–H and O–H groups in total. The Morgan fingerprint density at radius 1 is 1.45 bits per heavy atom. The normalized spacial score (nSPS) is 35.6. The van der Waals surface area contributed by atoms with Crippen LogP contribution in [-0.2, 0) is 19.1 Å². The van der Waals surface area contributed by atoms with Gasteiger partial charge in [-0.15, -0.1) is 0 Å². The van der Waals surface area contributed by atoms with Crippen LogP contribution in [0.4, 0.5) is 0 Å². The smallest absolute Gasteiger partial charge is 0.305 e. The van der Waals surface area contributed by atoms with E-state index in [0.717, 1.165) is 38.6 Å². The molecular formula is C16H24O4. The zero-order chi connectivity index (χ0) is 14.6. The zero-order valence-corrected chi connectivity index (χ0v) is 12.3. The lowest BCUT2D eigenvalue weighted by molar-refractivity contribution is -0.140. The highest BCUT2D eigenvalue weighted by atomic mass is 16.5. The molecule has 1 heterocycles. The first-order chi connectivity index (χ1) is 9.60. The molecule has 0 spiro atoms. The van der Waals surface area contributed by atoms with Gasteiger partial charge in [0.15, 0.2) is 0 Å². The van der Waals surface area contributed by atoms with Crippen LogP contribution in [0.3, 0.4) is 0 Å². The second-order valence-electron chi connectivity index (χ2n) is 6.20. The van der Waals surface area contributed by atoms with Gasteiger partial charge in [-0.3, -0.25) is 4.79 Å². The van der Waals surface area contributed by atoms with Crippen molar-refractivity contribution in [2.75, 3.05) is 13.7 Å². The Morgan fingerprint density at radius 3 is 2.95 bits per heavy atom. The molecule has 1 aliphatic heterocycles. The largest absolute Gasteiger partial charge is 0.469 e. The van der Waals surface area contributed by atoms with Gasteiger partial charge in [-0.05, 0) is 37.0 Å². The Kier molecular flexibility index (Phi) is 4.97. The molecule has 4 heteroatoms. The summed E-state index contributed by atoms with van der Waals surface area (Å²) in [5.41, 5.74) is 0.159. The van der Waals surface area contributed by atoms with Crippen LogP contribution in [0.15, 0.2) is 12.2 Å². The maximum absolute atomic E-state index is 11.2. The molecular weight excluding hydrogens is 256 g/mol. The van der Waals surface area contributed by atoms with Gasteiger partial charge < -0.3 is 14.3 Å². The average Bonchev–Trinajstić information content (AvgIpc) is 2.95. The van der Waals surface area contributed by atoms with E-state index in [4.69, 9.17) is 4.74 Å². The lowest BCUT2D eigenvalue weighted by Crippen LogP contribution is -2.35. The number of hydrogen-bond acceptors (Lipinski definition) is 4. The summed E-state index contributed by atoms with van der Waals surface area (Å²) in [6.45, 7) is 3.01. The molecule has 0 aromatic heterocycles. The van der Waals surface area contributed by atoms with E-state index in [1.807, 2.05) is 0 Å². The molecule has 0 unspecified atom stereocenters. The summed E-state index contributed by atoms with van der Waals surface area (Å²) >= 11 is 0. The van der Waals surface area contributed by atoms with Gasteiger partial charge in [0.05, 0.1) is 19.8 Å². The van der Waals surface area contributed by atoms with Crippen LogP contribution in [0.5, 0.6) is 0 Å². The van der Waals surface area contributed by atoms with Crippen molar-refractivity contribution < 1.29 is 19.1 Å². The van der Waals surface area contributed by atoms with Crippen LogP contribution < -0.4 is 0 Å². The Bertz CT molecular complexity index is 390. The molecule has 112 valence electrons. The van der Waals surface area contributed by atoms with Crippen molar-refractivity contribution >= 4 is 12.3 Å². The van der Waals surface area contributed by atoms with Gasteiger partial charge >= 0.3 is 5.97 Å². The number of rotatable bonds is 7. The van der Waals surface area contributed by atoms with Crippen molar-refractivity contribution in [1.82, 2.24) is 0 Å². The van der Waals surface area contributed by atoms with Gasteiger partial charge in [0.2, 0.25) is 0 Å². The van der Waals surface area contributed by atoms with Crippen molar-refractivity contribution in [3.63, 3.8) is 0 Å². The third-order valence-electron chi connectivity index (χ3n) is 4.78. The molecule has 2 aliphatic rings. The molecule has 2 fully saturated rings. The third kappa shape index (κ3) is 3.11. The molecule has 1 aliphatic carbocycles. The summed E-state index contributed by atoms with van der Waals surface area (Å²) in [6, 6.07) is 0. The van der Waals surface area contributed by atoms with Gasteiger partial charge in [0.1, 0.15) is 6.29 Å². The molecule has 4 atom stereocenters. The third-order valence-corrected chi connectivity index (χ3v) is 4.78. The highest BCUT2D eigenvalue weighted by molar-refractivity contribution is 5.69. The van der Waals surface area contributed by atoms with Crippen molar-refractivity contribution in [3.8, 4) is 0 Å². The van der Waals surface area contributed by atoms with E-state index >= 15 is 0 Å². The predicted octanol–water partition coefficient (Wildman–Crippen LogP) is 2.52. The van der Waals surface area contributed by atoms with Gasteiger partial charge in [-0.1, -0.05) is 19.1 Å². The average molecular weight is 280 g/mol. The molecule has 2 bridgehead atoms. The molecule has 0 radical (unpaired) electrons. The van der Waals surface area contributed by atoms with E-state index in [0.29, 0.717) is 12.3 Å². The van der Waals surface area contributed by atoms with E-state index in [-0.39, 0.29) is 23.4 Å². The lowest BCUT2D eigenvalue weighted by Gasteiger charge is -2.33. The molecule has 0 amide bonds. The summed E-state index contributed by atoms with van der Waals surface area (Å²) < 4.78 is 10.3. The Hall–Kier alpha value is -1.16. The monoisotopic (exact) mass is 280 g/mol. The fraction of sp³-hybridized carbons (Fsp3) is 0.750. The predicted molar refractivity (Wildman–Crippen MR) is 75.1 cm³/mol. The molecule has 0 aromatic rings. The molecule has 20 heavy (non-hydrogen) atoms. The van der Waals surface area contributed by atoms with Gasteiger partial charge in [0.25, 0.3) is 0 Å². The van der Waals surface area contributed by atoms with E-state index in [2.05, 4.69) is 23.8 Å². The van der Waals surface area contributed by atoms with Crippen molar-refractivity contribution in [1.29, 1.82) is 0 Å². The second kappa shape index (κ2) is 6.53. The van der Waals surface area contributed by atoms with Crippen LogP contribution in [0, 0.1) is 17.3 Å². The lowest BCUT2D eigenvalue weighted by atomic mass is 9.75. The minimum Gasteiger partial charge on any atom is -0.469 e. The van der Waals surface area contributed by atoms with Crippen molar-refractivity contribution in [2.24, 2.45) is 17.3 Å². The van der Waals surface area contributed by atoms with Crippen molar-refractivity contribution in [3.05, 3.63) is 12.2 Å². The van der Waals surface area contributed by atoms with Crippen LogP contribution in [-0.4, -0.2) is 32.1 Å². The standard InChI is InChI=1S/C16H24O4/c1-16-9-14(20-11-16)12(10-17)13(16)7-5-3-4-6-8-15(18)19-2/h3,5,10,12-14H,4,6-9,11H2,1-2H3/t12-,13-,14-,16-/m1/s1. The number of ether oxygens (including phenoxy) is 2. The SMILES string of the molecule is COC(=O)CCCC=CC[C@@H]1[C@@H](C=O)[C@H]2C[C@]1(C)CO2. The first kappa shape index (κ1) is 15.2. The van der Waals surface area contributed by atoms with Gasteiger partial charge in [-0.2, -0.15) is 0 Å². The first-order valence-electron chi connectivity index (χ1n) is 7.39. The fourth-order valence-corrected chi connectivity index (χ4v) is 3.56. The summed E-state index contributed by atoms with van der Waals surface area (Å²) in [6.07, 6.45) is 9.58. The Morgan fingerprint density at radius 2 is 2.25 bits per heavy atom. The number of aldehydes is 1. The number of carbonyl (C=O) groups excluding carboxylic acids is 2. The fourth-order valence-electron chi connectivity index (χ4n) is 3.56. The highest BCUT2D eigenvalue weighted by Gasteiger charge is 2.55. The highest BCUT2D eigenvalue weighted by Crippen LogP contribution is 2.54. The van der Waals surface area contributed by atoms with Crippen LogP contribution in [0.2, 0.25) is 0 Å². The number of esters is 1. The van der Waals surface area contributed by atoms with Gasteiger partial charge in [0, 0.05) is 12.3 Å². The molecule has 1 saturated heterocycles. The number of unbranched alkanes of at least 4 members (excludes halogenated alkanes) is 1. The quantitative estimate of drug-likeness (QED) is 0.311. The molecule has 0 aromatic carbocycles. The van der Waals surface area contributed by atoms with E-state index in [1.54, 1.807) is 0 Å². The van der Waals surface area contributed by atoms with Crippen LogP contribution in [0.1, 0.15) is 39.0 Å². The molecule has 2 rings (SSSR count). The number of allylic oxidation sites excluding steroid dienone is 2. The zero-order valence-electron chi connectivity index (χ0n) is 12.3. The first-order valence-corrected chi connectivity index (χ1v) is 7.39. The van der Waals surface area contributed by atoms with E-state index in [9.17, 15) is 9.59 Å². The maximum Gasteiger partial charge on any atom is 0.305 e. The number of fused-ring (bicyclic) bond motifs is 2. The Labute approximate surface area is 120 Å². The number of hydrogen-bond donors (Lipinski definition) is 0. The summed E-state index contributed by atoms with van der Waals surface area (Å²) in [7, 11) is 1.41.